The molecule has 1 fully saturated rings. The number of nitrogens with two attached hydrogens (primary N) is 1. The van der Waals surface area contributed by atoms with E-state index in [1.54, 1.807) is 0 Å². The molecule has 2 heteroatoms. The summed E-state index contributed by atoms with van der Waals surface area (Å²) >= 11 is 0. The lowest BCUT2D eigenvalue weighted by molar-refractivity contribution is 0.163. The minimum absolute atomic E-state index is 0.379. The van der Waals surface area contributed by atoms with Gasteiger partial charge >= 0.3 is 0 Å². The summed E-state index contributed by atoms with van der Waals surface area (Å²) < 4.78 is 0. The molecule has 0 radical (unpaired) electrons. The minimum Gasteiger partial charge on any atom is -0.330 e. The van der Waals surface area contributed by atoms with Crippen molar-refractivity contribution < 1.29 is 0 Å². The second-order valence-corrected chi connectivity index (χ2v) is 5.04. The highest BCUT2D eigenvalue weighted by atomic mass is 15.2. The van der Waals surface area contributed by atoms with Crippen LogP contribution in [0.1, 0.15) is 40.0 Å². The quantitative estimate of drug-likeness (QED) is 0.733. The maximum atomic E-state index is 5.91. The van der Waals surface area contributed by atoms with Crippen molar-refractivity contribution in [3.8, 4) is 0 Å². The molecule has 0 aliphatic carbocycles. The van der Waals surface area contributed by atoms with Gasteiger partial charge in [-0.05, 0) is 43.7 Å². The molecule has 2 N–H and O–H groups in total. The largest absolute Gasteiger partial charge is 0.330 e. The summed E-state index contributed by atoms with van der Waals surface area (Å²) in [5.41, 5.74) is 6.29. The zero-order chi connectivity index (χ0) is 10.6. The highest BCUT2D eigenvalue weighted by molar-refractivity contribution is 4.84. The van der Waals surface area contributed by atoms with Crippen LogP contribution in [-0.4, -0.2) is 31.1 Å². The SMILES string of the molecule is CCC(CC)(CN)CN1CCC(C)C1. The van der Waals surface area contributed by atoms with E-state index in [4.69, 9.17) is 5.73 Å². The van der Waals surface area contributed by atoms with Gasteiger partial charge in [-0.1, -0.05) is 20.8 Å². The third kappa shape index (κ3) is 2.71. The Morgan fingerprint density at radius 3 is 2.36 bits per heavy atom. The molecule has 0 aromatic heterocycles. The number of likely N-dealkylation sites (tertiary alicyclic amines) is 1. The summed E-state index contributed by atoms with van der Waals surface area (Å²) in [6.45, 7) is 11.5. The summed E-state index contributed by atoms with van der Waals surface area (Å²) in [4.78, 5) is 2.60. The van der Waals surface area contributed by atoms with Crippen LogP contribution in [0, 0.1) is 11.3 Å². The molecule has 2 nitrogen and oxygen atoms in total. The molecule has 0 aromatic rings. The Bertz CT molecular complexity index is 155. The lowest BCUT2D eigenvalue weighted by Crippen LogP contribution is -2.41. The maximum absolute atomic E-state index is 5.91. The molecule has 1 saturated heterocycles. The zero-order valence-electron chi connectivity index (χ0n) is 10.1. The second-order valence-electron chi connectivity index (χ2n) is 5.04. The zero-order valence-corrected chi connectivity index (χ0v) is 10.1. The molecule has 1 heterocycles. The summed E-state index contributed by atoms with van der Waals surface area (Å²) in [7, 11) is 0. The van der Waals surface area contributed by atoms with Crippen molar-refractivity contribution in [2.45, 2.75) is 40.0 Å². The summed E-state index contributed by atoms with van der Waals surface area (Å²) in [5.74, 6) is 0.888. The van der Waals surface area contributed by atoms with Crippen LogP contribution in [0.5, 0.6) is 0 Å². The van der Waals surface area contributed by atoms with Gasteiger partial charge in [0, 0.05) is 13.1 Å². The van der Waals surface area contributed by atoms with Crippen molar-refractivity contribution in [1.82, 2.24) is 4.90 Å². The van der Waals surface area contributed by atoms with Crippen molar-refractivity contribution in [1.29, 1.82) is 0 Å². The van der Waals surface area contributed by atoms with Gasteiger partial charge in [-0.15, -0.1) is 0 Å². The predicted octanol–water partition coefficient (Wildman–Crippen LogP) is 2.09. The van der Waals surface area contributed by atoms with E-state index in [1.165, 1.54) is 38.9 Å². The third-order valence-electron chi connectivity index (χ3n) is 4.00. The van der Waals surface area contributed by atoms with Gasteiger partial charge in [0.1, 0.15) is 0 Å². The molecule has 0 saturated carbocycles. The Morgan fingerprint density at radius 1 is 1.36 bits per heavy atom. The predicted molar refractivity (Wildman–Crippen MR) is 62.3 cm³/mol. The highest BCUT2D eigenvalue weighted by Gasteiger charge is 2.29. The highest BCUT2D eigenvalue weighted by Crippen LogP contribution is 2.28. The van der Waals surface area contributed by atoms with Gasteiger partial charge in [-0.3, -0.25) is 0 Å². The normalized spacial score (nSPS) is 24.4. The van der Waals surface area contributed by atoms with Gasteiger partial charge in [0.05, 0.1) is 0 Å². The molecule has 1 aliphatic heterocycles. The Kier molecular flexibility index (Phi) is 4.39. The van der Waals surface area contributed by atoms with Gasteiger partial charge in [0.25, 0.3) is 0 Å². The van der Waals surface area contributed by atoms with Crippen LogP contribution in [0.15, 0.2) is 0 Å². The van der Waals surface area contributed by atoms with Crippen molar-refractivity contribution in [3.05, 3.63) is 0 Å². The van der Waals surface area contributed by atoms with Crippen molar-refractivity contribution in [2.75, 3.05) is 26.2 Å². The summed E-state index contributed by atoms with van der Waals surface area (Å²) in [6.07, 6.45) is 3.80. The van der Waals surface area contributed by atoms with E-state index in [2.05, 4.69) is 25.7 Å². The number of rotatable bonds is 5. The molecule has 1 unspecified atom stereocenters. The van der Waals surface area contributed by atoms with E-state index in [1.807, 2.05) is 0 Å². The average molecular weight is 198 g/mol. The minimum atomic E-state index is 0.379. The van der Waals surface area contributed by atoms with Crippen LogP contribution in [0.3, 0.4) is 0 Å². The van der Waals surface area contributed by atoms with Crippen LogP contribution >= 0.6 is 0 Å². The molecule has 1 atom stereocenters. The van der Waals surface area contributed by atoms with Gasteiger partial charge in [-0.25, -0.2) is 0 Å². The third-order valence-corrected chi connectivity index (χ3v) is 4.00. The Morgan fingerprint density at radius 2 is 2.00 bits per heavy atom. The van der Waals surface area contributed by atoms with Gasteiger partial charge in [0.15, 0.2) is 0 Å². The molecule has 1 rings (SSSR count). The molecule has 0 bridgehead atoms. The number of hydrogen-bond acceptors (Lipinski definition) is 2. The van der Waals surface area contributed by atoms with E-state index in [-0.39, 0.29) is 0 Å². The standard InChI is InChI=1S/C12H26N2/c1-4-12(5-2,9-13)10-14-7-6-11(3)8-14/h11H,4-10,13H2,1-3H3. The topological polar surface area (TPSA) is 29.3 Å². The molecule has 0 aromatic carbocycles. The molecule has 0 spiro atoms. The molecule has 0 amide bonds. The first-order chi connectivity index (χ1) is 6.65. The van der Waals surface area contributed by atoms with E-state index < -0.39 is 0 Å². The first-order valence-electron chi connectivity index (χ1n) is 6.08. The Labute approximate surface area is 88.8 Å². The van der Waals surface area contributed by atoms with Crippen molar-refractivity contribution in [2.24, 2.45) is 17.1 Å². The van der Waals surface area contributed by atoms with Crippen LogP contribution in [0.25, 0.3) is 0 Å². The molecule has 84 valence electrons. The van der Waals surface area contributed by atoms with Gasteiger partial charge < -0.3 is 10.6 Å². The van der Waals surface area contributed by atoms with E-state index in [0.717, 1.165) is 12.5 Å². The molecule has 14 heavy (non-hydrogen) atoms. The molecular formula is C12H26N2. The van der Waals surface area contributed by atoms with Gasteiger partial charge in [-0.2, -0.15) is 0 Å². The number of hydrogen-bond donors (Lipinski definition) is 1. The fourth-order valence-corrected chi connectivity index (χ4v) is 2.47. The van der Waals surface area contributed by atoms with Crippen LogP contribution < -0.4 is 5.73 Å². The first kappa shape index (κ1) is 12.0. The summed E-state index contributed by atoms with van der Waals surface area (Å²) in [5, 5.41) is 0. The Balaban J connectivity index is 2.47. The molecule has 1 aliphatic rings. The van der Waals surface area contributed by atoms with Gasteiger partial charge in [0.2, 0.25) is 0 Å². The first-order valence-corrected chi connectivity index (χ1v) is 6.08. The van der Waals surface area contributed by atoms with E-state index in [0.29, 0.717) is 5.41 Å². The average Bonchev–Trinajstić information content (AvgIpc) is 2.61. The van der Waals surface area contributed by atoms with E-state index in [9.17, 15) is 0 Å². The fraction of sp³-hybridized carbons (Fsp3) is 1.00. The summed E-state index contributed by atoms with van der Waals surface area (Å²) in [6, 6.07) is 0. The maximum Gasteiger partial charge on any atom is 0.00500 e. The van der Waals surface area contributed by atoms with E-state index >= 15 is 0 Å². The lowest BCUT2D eigenvalue weighted by Gasteiger charge is -2.34. The lowest BCUT2D eigenvalue weighted by atomic mass is 9.82. The smallest absolute Gasteiger partial charge is 0.00500 e. The van der Waals surface area contributed by atoms with Crippen molar-refractivity contribution in [3.63, 3.8) is 0 Å². The molecular weight excluding hydrogens is 172 g/mol. The second kappa shape index (κ2) is 5.13. The number of nitrogens with zero attached hydrogens (tertiary/aromatic N) is 1. The van der Waals surface area contributed by atoms with Crippen molar-refractivity contribution >= 4 is 0 Å². The van der Waals surface area contributed by atoms with Crippen LogP contribution in [0.2, 0.25) is 0 Å². The Hall–Kier alpha value is -0.0800. The van der Waals surface area contributed by atoms with Crippen LogP contribution in [0.4, 0.5) is 0 Å². The fourth-order valence-electron chi connectivity index (χ4n) is 2.47. The van der Waals surface area contributed by atoms with Crippen LogP contribution in [-0.2, 0) is 0 Å². The monoisotopic (exact) mass is 198 g/mol.